The molecule has 0 aromatic heterocycles. The molecule has 0 aliphatic carbocycles. The first kappa shape index (κ1) is 31.2. The number of ether oxygens (including phenoxy) is 3. The zero-order valence-electron chi connectivity index (χ0n) is 23.4. The van der Waals surface area contributed by atoms with Crippen LogP contribution in [-0.2, 0) is 28.2 Å². The fourth-order valence-electron chi connectivity index (χ4n) is 3.77. The van der Waals surface area contributed by atoms with Crippen LogP contribution in [0.2, 0.25) is 18.1 Å². The van der Waals surface area contributed by atoms with Gasteiger partial charge in [-0.3, -0.25) is 14.5 Å². The number of methoxy groups -OCH3 is 2. The zero-order valence-corrected chi connectivity index (χ0v) is 24.4. The van der Waals surface area contributed by atoms with Gasteiger partial charge >= 0.3 is 18.0 Å². The molecule has 1 heterocycles. The topological polar surface area (TPSA) is 91.4 Å². The maximum Gasteiger partial charge on any atom is 0.411 e. The molecule has 1 amide bonds. The number of unbranched alkanes of at least 4 members (excludes halogenated alkanes) is 2. The summed E-state index contributed by atoms with van der Waals surface area (Å²) < 4.78 is 21.7. The lowest BCUT2D eigenvalue weighted by molar-refractivity contribution is -0.161. The Balaban J connectivity index is 2.94. The minimum absolute atomic E-state index is 0.181. The van der Waals surface area contributed by atoms with Crippen LogP contribution >= 0.6 is 0 Å². The van der Waals surface area contributed by atoms with Crippen molar-refractivity contribution in [2.24, 2.45) is 5.92 Å². The first-order valence-corrected chi connectivity index (χ1v) is 15.4. The van der Waals surface area contributed by atoms with Gasteiger partial charge in [0.15, 0.2) is 14.2 Å². The maximum absolute atomic E-state index is 13.3. The monoisotopic (exact) mass is 513 g/mol. The third kappa shape index (κ3) is 9.26. The van der Waals surface area contributed by atoms with Gasteiger partial charge in [0.1, 0.15) is 5.60 Å². The highest BCUT2D eigenvalue weighted by Crippen LogP contribution is 2.36. The standard InChI is InChI=1S/C26H47NO7Si/c1-25(2,3)34-24(30)27-19(15-12-11-13-18-33-35(9,10)26(4,5)6)16-14-17-20(27)21(22(28)31-7)23(29)32-8/h14,17,19-21H,11-13,15-16,18H2,1-10H3/t19-,20+/m1/s1. The molecule has 0 unspecified atom stereocenters. The van der Waals surface area contributed by atoms with Gasteiger partial charge in [0, 0.05) is 12.6 Å². The average Bonchev–Trinajstić information content (AvgIpc) is 2.73. The minimum Gasteiger partial charge on any atom is -0.468 e. The molecular weight excluding hydrogens is 466 g/mol. The predicted molar refractivity (Wildman–Crippen MR) is 139 cm³/mol. The molecule has 1 rings (SSSR count). The molecule has 0 radical (unpaired) electrons. The van der Waals surface area contributed by atoms with Crippen molar-refractivity contribution in [1.29, 1.82) is 0 Å². The molecule has 9 heteroatoms. The van der Waals surface area contributed by atoms with Gasteiger partial charge in [-0.15, -0.1) is 0 Å². The molecule has 0 saturated heterocycles. The fourth-order valence-corrected chi connectivity index (χ4v) is 4.86. The van der Waals surface area contributed by atoms with E-state index in [1.54, 1.807) is 26.8 Å². The fraction of sp³-hybridized carbons (Fsp3) is 0.808. The summed E-state index contributed by atoms with van der Waals surface area (Å²) in [5.74, 6) is -2.78. The van der Waals surface area contributed by atoms with Crippen molar-refractivity contribution in [2.45, 2.75) is 109 Å². The van der Waals surface area contributed by atoms with Crippen LogP contribution in [0.3, 0.4) is 0 Å². The van der Waals surface area contributed by atoms with Gasteiger partial charge in [-0.25, -0.2) is 4.79 Å². The lowest BCUT2D eigenvalue weighted by atomic mass is 9.90. The molecule has 35 heavy (non-hydrogen) atoms. The summed E-state index contributed by atoms with van der Waals surface area (Å²) in [6, 6.07) is -1.05. The Morgan fingerprint density at radius 2 is 1.54 bits per heavy atom. The number of carbonyl (C=O) groups excluding carboxylic acids is 3. The molecular formula is C26H47NO7Si. The maximum atomic E-state index is 13.3. The number of carbonyl (C=O) groups is 3. The molecule has 8 nitrogen and oxygen atoms in total. The molecule has 0 spiro atoms. The van der Waals surface area contributed by atoms with Gasteiger partial charge in [0.25, 0.3) is 0 Å². The summed E-state index contributed by atoms with van der Waals surface area (Å²) in [4.78, 5) is 39.8. The average molecular weight is 514 g/mol. The van der Waals surface area contributed by atoms with Crippen molar-refractivity contribution in [1.82, 2.24) is 4.90 Å². The van der Waals surface area contributed by atoms with E-state index in [1.807, 2.05) is 6.08 Å². The van der Waals surface area contributed by atoms with E-state index in [1.165, 1.54) is 19.1 Å². The van der Waals surface area contributed by atoms with Crippen LogP contribution in [-0.4, -0.2) is 69.8 Å². The summed E-state index contributed by atoms with van der Waals surface area (Å²) in [6.45, 7) is 17.3. The number of hydrogen-bond donors (Lipinski definition) is 0. The van der Waals surface area contributed by atoms with Gasteiger partial charge in [-0.2, -0.15) is 0 Å². The highest BCUT2D eigenvalue weighted by atomic mass is 28.4. The van der Waals surface area contributed by atoms with Gasteiger partial charge < -0.3 is 18.6 Å². The first-order valence-electron chi connectivity index (χ1n) is 12.5. The number of nitrogens with zero attached hydrogens (tertiary/aromatic N) is 1. The lowest BCUT2D eigenvalue weighted by Crippen LogP contribution is -2.56. The molecule has 2 atom stereocenters. The highest BCUT2D eigenvalue weighted by Gasteiger charge is 2.45. The van der Waals surface area contributed by atoms with E-state index in [0.29, 0.717) is 6.42 Å². The molecule has 1 aliphatic heterocycles. The summed E-state index contributed by atoms with van der Waals surface area (Å²) in [6.07, 6.45) is 7.17. The largest absolute Gasteiger partial charge is 0.468 e. The van der Waals surface area contributed by atoms with Gasteiger partial charge in [-0.05, 0) is 58.2 Å². The van der Waals surface area contributed by atoms with E-state index >= 15 is 0 Å². The number of hydrogen-bond acceptors (Lipinski definition) is 7. The van der Waals surface area contributed by atoms with E-state index in [-0.39, 0.29) is 11.1 Å². The molecule has 1 aliphatic rings. The van der Waals surface area contributed by atoms with Crippen LogP contribution in [0.5, 0.6) is 0 Å². The number of amides is 1. The van der Waals surface area contributed by atoms with Crippen LogP contribution in [0.25, 0.3) is 0 Å². The van der Waals surface area contributed by atoms with E-state index in [4.69, 9.17) is 18.6 Å². The lowest BCUT2D eigenvalue weighted by Gasteiger charge is -2.41. The normalized spacial score (nSPS) is 19.0. The Morgan fingerprint density at radius 3 is 2.03 bits per heavy atom. The molecule has 0 saturated carbocycles. The predicted octanol–water partition coefficient (Wildman–Crippen LogP) is 5.47. The van der Waals surface area contributed by atoms with Crippen molar-refractivity contribution in [3.8, 4) is 0 Å². The SMILES string of the molecule is COC(=O)C(C(=O)OC)[C@@H]1C=CC[C@@H](CCCCCO[Si](C)(C)C(C)(C)C)N1C(=O)OC(C)(C)C. The second-order valence-corrected chi connectivity index (χ2v) is 16.5. The Labute approximate surface area is 212 Å². The Kier molecular flexibility index (Phi) is 11.5. The van der Waals surface area contributed by atoms with Crippen molar-refractivity contribution < 1.29 is 33.0 Å². The van der Waals surface area contributed by atoms with Crippen LogP contribution in [0, 0.1) is 5.92 Å². The Bertz CT molecular complexity index is 736. The van der Waals surface area contributed by atoms with Crippen LogP contribution < -0.4 is 0 Å². The molecule has 0 N–H and O–H groups in total. The van der Waals surface area contributed by atoms with Crippen LogP contribution in [0.1, 0.15) is 73.6 Å². The van der Waals surface area contributed by atoms with E-state index in [9.17, 15) is 14.4 Å². The summed E-state index contributed by atoms with van der Waals surface area (Å²) in [7, 11) is 0.666. The first-order chi connectivity index (χ1) is 16.1. The second kappa shape index (κ2) is 12.9. The summed E-state index contributed by atoms with van der Waals surface area (Å²) in [5, 5.41) is 0.181. The van der Waals surface area contributed by atoms with Crippen LogP contribution in [0.15, 0.2) is 12.2 Å². The number of rotatable bonds is 10. The number of esters is 2. The van der Waals surface area contributed by atoms with E-state index < -0.39 is 43.9 Å². The molecule has 0 aromatic rings. The van der Waals surface area contributed by atoms with Crippen LogP contribution in [0.4, 0.5) is 4.79 Å². The van der Waals surface area contributed by atoms with E-state index in [2.05, 4.69) is 33.9 Å². The van der Waals surface area contributed by atoms with Crippen molar-refractivity contribution in [3.05, 3.63) is 12.2 Å². The summed E-state index contributed by atoms with van der Waals surface area (Å²) >= 11 is 0. The van der Waals surface area contributed by atoms with Gasteiger partial charge in [0.05, 0.1) is 20.3 Å². The van der Waals surface area contributed by atoms with Crippen molar-refractivity contribution >= 4 is 26.3 Å². The summed E-state index contributed by atoms with van der Waals surface area (Å²) in [5.41, 5.74) is -0.722. The molecule has 0 bridgehead atoms. The molecule has 0 fully saturated rings. The minimum atomic E-state index is -1.76. The third-order valence-corrected chi connectivity index (χ3v) is 11.3. The quantitative estimate of drug-likeness (QED) is 0.0956. The molecule has 0 aromatic carbocycles. The zero-order chi connectivity index (χ0) is 27.0. The smallest absolute Gasteiger partial charge is 0.411 e. The Morgan fingerprint density at radius 1 is 0.971 bits per heavy atom. The van der Waals surface area contributed by atoms with Crippen molar-refractivity contribution in [2.75, 3.05) is 20.8 Å². The Hall–Kier alpha value is -1.87. The van der Waals surface area contributed by atoms with Gasteiger partial charge in [0.2, 0.25) is 0 Å². The third-order valence-electron chi connectivity index (χ3n) is 6.76. The van der Waals surface area contributed by atoms with Crippen molar-refractivity contribution in [3.63, 3.8) is 0 Å². The highest BCUT2D eigenvalue weighted by molar-refractivity contribution is 6.74. The van der Waals surface area contributed by atoms with E-state index in [0.717, 1.165) is 32.3 Å². The molecule has 202 valence electrons. The van der Waals surface area contributed by atoms with Gasteiger partial charge in [-0.1, -0.05) is 45.8 Å². The second-order valence-electron chi connectivity index (χ2n) is 11.7.